The Bertz CT molecular complexity index is 397. The summed E-state index contributed by atoms with van der Waals surface area (Å²) < 4.78 is 2.14. The van der Waals surface area contributed by atoms with Crippen molar-refractivity contribution in [1.29, 1.82) is 0 Å². The Morgan fingerprint density at radius 1 is 1.11 bits per heavy atom. The highest BCUT2D eigenvalue weighted by Crippen LogP contribution is 2.24. The van der Waals surface area contributed by atoms with Crippen LogP contribution >= 0.6 is 31.9 Å². The molecule has 1 fully saturated rings. The van der Waals surface area contributed by atoms with E-state index in [0.29, 0.717) is 0 Å². The molecular weight excluding hydrogens is 358 g/mol. The Labute approximate surface area is 125 Å². The number of hydrogen-bond donors (Lipinski definition) is 2. The first-order valence-electron chi connectivity index (χ1n) is 6.52. The zero-order valence-electron chi connectivity index (χ0n) is 10.3. The van der Waals surface area contributed by atoms with E-state index in [-0.39, 0.29) is 12.1 Å². The third kappa shape index (κ3) is 4.05. The molecule has 1 aliphatic carbocycles. The highest BCUT2D eigenvalue weighted by Gasteiger charge is 2.20. The van der Waals surface area contributed by atoms with Crippen LogP contribution in [0.4, 0.5) is 0 Å². The van der Waals surface area contributed by atoms with Crippen molar-refractivity contribution >= 4 is 31.9 Å². The third-order valence-corrected chi connectivity index (χ3v) is 5.41. The molecule has 0 aliphatic heterocycles. The number of aliphatic hydroxyl groups excluding tert-OH is 1. The van der Waals surface area contributed by atoms with Gasteiger partial charge < -0.3 is 10.4 Å². The van der Waals surface area contributed by atoms with Gasteiger partial charge in [-0.2, -0.15) is 0 Å². The van der Waals surface area contributed by atoms with Crippen LogP contribution in [0.2, 0.25) is 0 Å². The van der Waals surface area contributed by atoms with Crippen molar-refractivity contribution < 1.29 is 5.11 Å². The number of rotatable bonds is 3. The van der Waals surface area contributed by atoms with Crippen molar-refractivity contribution in [2.24, 2.45) is 0 Å². The topological polar surface area (TPSA) is 32.3 Å². The molecule has 0 saturated heterocycles. The molecule has 1 aromatic rings. The standard InChI is InChI=1S/C14H19Br2NO/c15-11-7-6-10(8-12(11)16)9-17-13-4-2-1-3-5-14(13)18/h6-8,13-14,17-18H,1-5,9H2. The first-order valence-corrected chi connectivity index (χ1v) is 8.11. The number of hydrogen-bond acceptors (Lipinski definition) is 2. The molecule has 2 N–H and O–H groups in total. The molecule has 0 radical (unpaired) electrons. The average Bonchev–Trinajstić information content (AvgIpc) is 2.56. The van der Waals surface area contributed by atoms with Gasteiger partial charge in [0, 0.05) is 21.5 Å². The maximum absolute atomic E-state index is 10.0. The molecule has 0 aromatic heterocycles. The molecule has 4 heteroatoms. The molecule has 0 amide bonds. The van der Waals surface area contributed by atoms with Crippen molar-refractivity contribution in [2.45, 2.75) is 50.8 Å². The van der Waals surface area contributed by atoms with E-state index in [2.05, 4.69) is 49.3 Å². The van der Waals surface area contributed by atoms with Gasteiger partial charge in [-0.25, -0.2) is 0 Å². The molecule has 2 atom stereocenters. The Morgan fingerprint density at radius 3 is 2.67 bits per heavy atom. The van der Waals surface area contributed by atoms with Crippen LogP contribution in [0.15, 0.2) is 27.1 Å². The van der Waals surface area contributed by atoms with Crippen molar-refractivity contribution in [3.05, 3.63) is 32.7 Å². The van der Waals surface area contributed by atoms with E-state index in [1.807, 2.05) is 6.07 Å². The lowest BCUT2D eigenvalue weighted by Crippen LogP contribution is -2.38. The summed E-state index contributed by atoms with van der Waals surface area (Å²) in [6.45, 7) is 0.813. The second-order valence-electron chi connectivity index (χ2n) is 4.94. The lowest BCUT2D eigenvalue weighted by molar-refractivity contribution is 0.119. The molecule has 1 saturated carbocycles. The van der Waals surface area contributed by atoms with Crippen LogP contribution < -0.4 is 5.32 Å². The van der Waals surface area contributed by atoms with Gasteiger partial charge in [0.25, 0.3) is 0 Å². The summed E-state index contributed by atoms with van der Waals surface area (Å²) in [5, 5.41) is 13.5. The van der Waals surface area contributed by atoms with E-state index in [1.54, 1.807) is 0 Å². The smallest absolute Gasteiger partial charge is 0.0693 e. The molecule has 0 bridgehead atoms. The van der Waals surface area contributed by atoms with Crippen molar-refractivity contribution in [2.75, 3.05) is 0 Å². The second kappa shape index (κ2) is 7.04. The summed E-state index contributed by atoms with van der Waals surface area (Å²) in [6, 6.07) is 6.50. The predicted molar refractivity (Wildman–Crippen MR) is 81.6 cm³/mol. The van der Waals surface area contributed by atoms with Gasteiger partial charge in [0.2, 0.25) is 0 Å². The van der Waals surface area contributed by atoms with E-state index < -0.39 is 0 Å². The first-order chi connectivity index (χ1) is 8.66. The first kappa shape index (κ1) is 14.5. The monoisotopic (exact) mass is 375 g/mol. The van der Waals surface area contributed by atoms with Gasteiger partial charge in [0.05, 0.1) is 6.10 Å². The fraction of sp³-hybridized carbons (Fsp3) is 0.571. The van der Waals surface area contributed by atoms with Gasteiger partial charge in [-0.3, -0.25) is 0 Å². The zero-order valence-corrected chi connectivity index (χ0v) is 13.5. The van der Waals surface area contributed by atoms with Crippen LogP contribution in [-0.4, -0.2) is 17.3 Å². The summed E-state index contributed by atoms with van der Waals surface area (Å²) in [5.74, 6) is 0. The summed E-state index contributed by atoms with van der Waals surface area (Å²) >= 11 is 6.98. The quantitative estimate of drug-likeness (QED) is 0.781. The van der Waals surface area contributed by atoms with E-state index in [9.17, 15) is 5.11 Å². The van der Waals surface area contributed by atoms with E-state index in [0.717, 1.165) is 34.8 Å². The Morgan fingerprint density at radius 2 is 1.89 bits per heavy atom. The molecule has 0 heterocycles. The lowest BCUT2D eigenvalue weighted by Gasteiger charge is -2.22. The molecule has 1 aromatic carbocycles. The maximum atomic E-state index is 10.0. The minimum absolute atomic E-state index is 0.189. The largest absolute Gasteiger partial charge is 0.392 e. The molecular formula is C14H19Br2NO. The fourth-order valence-electron chi connectivity index (χ4n) is 2.42. The van der Waals surface area contributed by atoms with Crippen LogP contribution in [0.5, 0.6) is 0 Å². The fourth-order valence-corrected chi connectivity index (χ4v) is 3.10. The van der Waals surface area contributed by atoms with Gasteiger partial charge in [-0.05, 0) is 62.4 Å². The van der Waals surface area contributed by atoms with Crippen LogP contribution in [0.25, 0.3) is 0 Å². The number of benzene rings is 1. The summed E-state index contributed by atoms with van der Waals surface area (Å²) in [5.41, 5.74) is 1.24. The SMILES string of the molecule is OC1CCCCCC1NCc1ccc(Br)c(Br)c1. The van der Waals surface area contributed by atoms with Crippen molar-refractivity contribution in [3.63, 3.8) is 0 Å². The van der Waals surface area contributed by atoms with Gasteiger partial charge >= 0.3 is 0 Å². The summed E-state index contributed by atoms with van der Waals surface area (Å²) in [6.07, 6.45) is 5.45. The maximum Gasteiger partial charge on any atom is 0.0693 e. The van der Waals surface area contributed by atoms with Crippen LogP contribution in [-0.2, 0) is 6.54 Å². The van der Waals surface area contributed by atoms with Crippen molar-refractivity contribution in [3.8, 4) is 0 Å². The highest BCUT2D eigenvalue weighted by atomic mass is 79.9. The van der Waals surface area contributed by atoms with Gasteiger partial charge in [0.15, 0.2) is 0 Å². The molecule has 1 aliphatic rings. The minimum Gasteiger partial charge on any atom is -0.392 e. The van der Waals surface area contributed by atoms with Crippen LogP contribution in [0.3, 0.4) is 0 Å². The molecule has 2 unspecified atom stereocenters. The molecule has 2 rings (SSSR count). The number of nitrogens with one attached hydrogen (secondary N) is 1. The molecule has 18 heavy (non-hydrogen) atoms. The summed E-state index contributed by atoms with van der Waals surface area (Å²) in [4.78, 5) is 0. The lowest BCUT2D eigenvalue weighted by atomic mass is 10.1. The molecule has 100 valence electrons. The second-order valence-corrected chi connectivity index (χ2v) is 6.65. The van der Waals surface area contributed by atoms with E-state index >= 15 is 0 Å². The van der Waals surface area contributed by atoms with Gasteiger partial charge in [0.1, 0.15) is 0 Å². The van der Waals surface area contributed by atoms with E-state index in [4.69, 9.17) is 0 Å². The van der Waals surface area contributed by atoms with Crippen LogP contribution in [0, 0.1) is 0 Å². The van der Waals surface area contributed by atoms with Gasteiger partial charge in [-0.15, -0.1) is 0 Å². The average molecular weight is 377 g/mol. The third-order valence-electron chi connectivity index (χ3n) is 3.53. The van der Waals surface area contributed by atoms with Crippen LogP contribution in [0.1, 0.15) is 37.7 Å². The summed E-state index contributed by atoms with van der Waals surface area (Å²) in [7, 11) is 0. The zero-order chi connectivity index (χ0) is 13.0. The number of halogens is 2. The van der Waals surface area contributed by atoms with E-state index in [1.165, 1.54) is 18.4 Å². The molecule has 0 spiro atoms. The van der Waals surface area contributed by atoms with Gasteiger partial charge in [-0.1, -0.05) is 25.3 Å². The minimum atomic E-state index is -0.189. The van der Waals surface area contributed by atoms with Crippen molar-refractivity contribution in [1.82, 2.24) is 5.32 Å². The predicted octanol–water partition coefficient (Wildman–Crippen LogP) is 3.99. The normalized spacial score (nSPS) is 24.8. The Kier molecular flexibility index (Phi) is 5.67. The Hall–Kier alpha value is 0.1000. The number of aliphatic hydroxyl groups is 1. The highest BCUT2D eigenvalue weighted by molar-refractivity contribution is 9.13. The molecule has 2 nitrogen and oxygen atoms in total. The Balaban J connectivity index is 1.91.